The molecule has 0 aliphatic carbocycles. The fourth-order valence-electron chi connectivity index (χ4n) is 11.0. The van der Waals surface area contributed by atoms with Gasteiger partial charge in [0.2, 0.25) is 0 Å². The van der Waals surface area contributed by atoms with Crippen LogP contribution < -0.4 is 0 Å². The van der Waals surface area contributed by atoms with Gasteiger partial charge >= 0.3 is 0 Å². The molecule has 0 aliphatic heterocycles. The summed E-state index contributed by atoms with van der Waals surface area (Å²) in [5.41, 5.74) is 14.0. The molecule has 0 saturated heterocycles. The van der Waals surface area contributed by atoms with Gasteiger partial charge in [-0.2, -0.15) is 0 Å². The molecule has 0 unspecified atom stereocenters. The highest BCUT2D eigenvalue weighted by molar-refractivity contribution is 6.28. The molecular weight excluding hydrogens is 811 g/mol. The molecule has 2 heteroatoms. The number of benzene rings is 12. The van der Waals surface area contributed by atoms with Crippen LogP contribution in [0.25, 0.3) is 142 Å². The van der Waals surface area contributed by atoms with Gasteiger partial charge < -0.3 is 4.42 Å². The normalized spacial score (nSPS) is 11.9. The molecule has 0 atom stereocenters. The van der Waals surface area contributed by atoms with Gasteiger partial charge in [0.15, 0.2) is 0 Å². The summed E-state index contributed by atoms with van der Waals surface area (Å²) in [5, 5.41) is 15.5. The molecule has 2 aromatic heterocycles. The lowest BCUT2D eigenvalue weighted by molar-refractivity contribution is 0.669. The Bertz CT molecular complexity index is 4190. The predicted molar refractivity (Wildman–Crippen MR) is 284 cm³/mol. The average molecular weight is 850 g/mol. The Balaban J connectivity index is 1.05. The fourth-order valence-corrected chi connectivity index (χ4v) is 11.0. The van der Waals surface area contributed by atoms with Gasteiger partial charge in [0.05, 0.1) is 11.2 Å². The molecule has 12 aromatic carbocycles. The molecule has 14 rings (SSSR count). The van der Waals surface area contributed by atoms with Crippen molar-refractivity contribution in [2.24, 2.45) is 0 Å². The molecule has 0 amide bonds. The van der Waals surface area contributed by atoms with Crippen LogP contribution in [-0.2, 0) is 0 Å². The topological polar surface area (TPSA) is 26.0 Å². The average Bonchev–Trinajstić information content (AvgIpc) is 3.78. The summed E-state index contributed by atoms with van der Waals surface area (Å²) in [6.07, 6.45) is 0. The Labute approximate surface area is 386 Å². The zero-order valence-electron chi connectivity index (χ0n) is 36.4. The van der Waals surface area contributed by atoms with Gasteiger partial charge in [-0.1, -0.05) is 182 Å². The Morgan fingerprint density at radius 1 is 0.269 bits per heavy atom. The Hall–Kier alpha value is -8.85. The van der Waals surface area contributed by atoms with Crippen molar-refractivity contribution in [1.29, 1.82) is 0 Å². The summed E-state index contributed by atoms with van der Waals surface area (Å²) in [5.74, 6) is 0. The number of nitrogens with zero attached hydrogens (tertiary/aromatic N) is 1. The highest BCUT2D eigenvalue weighted by Gasteiger charge is 2.22. The second kappa shape index (κ2) is 14.9. The number of para-hydroxylation sites is 2. The Morgan fingerprint density at radius 3 is 1.43 bits per heavy atom. The molecule has 2 heterocycles. The molecule has 2 nitrogen and oxygen atoms in total. The van der Waals surface area contributed by atoms with E-state index in [-0.39, 0.29) is 0 Å². The third-order valence-corrected chi connectivity index (χ3v) is 14.0. The molecular formula is C65H39NO. The molecule has 310 valence electrons. The van der Waals surface area contributed by atoms with E-state index in [2.05, 4.69) is 231 Å². The zero-order chi connectivity index (χ0) is 44.0. The maximum absolute atomic E-state index is 6.72. The standard InChI is InChI=1S/C65H39NO/c1-2-17-40(18-3-1)62-63-54-29-12-14-31-59(54)66-65(58(63)39-61-64(62)55-30-13-15-32-60(55)67-61)44-22-16-21-41(33-44)45-34-46(56-37-42-19-4-6-23-48(42)50-25-8-10-27-52(50)56)36-47(35-45)57-38-43-20-5-7-24-49(43)51-26-9-11-28-53(51)57/h1-39H. The largest absolute Gasteiger partial charge is 0.456 e. The highest BCUT2D eigenvalue weighted by Crippen LogP contribution is 2.47. The lowest BCUT2D eigenvalue weighted by Gasteiger charge is -2.17. The van der Waals surface area contributed by atoms with E-state index < -0.39 is 0 Å². The van der Waals surface area contributed by atoms with Gasteiger partial charge in [0.1, 0.15) is 11.2 Å². The minimum Gasteiger partial charge on any atom is -0.456 e. The molecule has 14 aromatic rings. The zero-order valence-corrected chi connectivity index (χ0v) is 36.4. The number of hydrogen-bond acceptors (Lipinski definition) is 2. The summed E-state index contributed by atoms with van der Waals surface area (Å²) in [4.78, 5) is 5.52. The summed E-state index contributed by atoms with van der Waals surface area (Å²) in [6.45, 7) is 0. The third-order valence-electron chi connectivity index (χ3n) is 14.0. The first-order valence-corrected chi connectivity index (χ1v) is 23.0. The van der Waals surface area contributed by atoms with Gasteiger partial charge in [-0.15, -0.1) is 0 Å². The van der Waals surface area contributed by atoms with E-state index in [0.717, 1.165) is 71.7 Å². The molecule has 0 spiro atoms. The Kier molecular flexibility index (Phi) is 8.32. The molecule has 0 fully saturated rings. The van der Waals surface area contributed by atoms with Crippen LogP contribution in [-0.4, -0.2) is 4.98 Å². The van der Waals surface area contributed by atoms with Crippen LogP contribution in [0, 0.1) is 0 Å². The maximum Gasteiger partial charge on any atom is 0.136 e. The number of rotatable bonds is 5. The number of pyridine rings is 1. The number of furan rings is 1. The van der Waals surface area contributed by atoms with Crippen LogP contribution in [0.15, 0.2) is 241 Å². The lowest BCUT2D eigenvalue weighted by Crippen LogP contribution is -1.94. The molecule has 0 N–H and O–H groups in total. The minimum atomic E-state index is 0.851. The first-order chi connectivity index (χ1) is 33.2. The SMILES string of the molecule is c1ccc(-c2c3c(cc4c(-c5cccc(-c6cc(-c7cc8ccccc8c8ccccc78)cc(-c7cc8ccccc8c8ccccc78)c6)c5)nc5ccccc5c24)oc2ccccc23)cc1. The number of fused-ring (bicyclic) bond motifs is 12. The number of aromatic nitrogens is 1. The monoisotopic (exact) mass is 849 g/mol. The van der Waals surface area contributed by atoms with E-state index in [1.54, 1.807) is 0 Å². The minimum absolute atomic E-state index is 0.851. The first kappa shape index (κ1) is 37.5. The van der Waals surface area contributed by atoms with Crippen LogP contribution in [0.4, 0.5) is 0 Å². The van der Waals surface area contributed by atoms with Gasteiger partial charge in [-0.05, 0) is 137 Å². The predicted octanol–water partition coefficient (Wildman–Crippen LogP) is 18.2. The summed E-state index contributed by atoms with van der Waals surface area (Å²) in [7, 11) is 0. The van der Waals surface area contributed by atoms with Crippen LogP contribution in [0.5, 0.6) is 0 Å². The second-order valence-corrected chi connectivity index (χ2v) is 17.8. The second-order valence-electron chi connectivity index (χ2n) is 17.8. The van der Waals surface area contributed by atoms with Gasteiger partial charge in [-0.25, -0.2) is 4.98 Å². The quantitative estimate of drug-likeness (QED) is 0.161. The number of hydrogen-bond donors (Lipinski definition) is 0. The highest BCUT2D eigenvalue weighted by atomic mass is 16.3. The van der Waals surface area contributed by atoms with Crippen molar-refractivity contribution in [3.8, 4) is 55.8 Å². The van der Waals surface area contributed by atoms with Crippen molar-refractivity contribution in [1.82, 2.24) is 4.98 Å². The van der Waals surface area contributed by atoms with E-state index in [1.165, 1.54) is 70.7 Å². The summed E-state index contributed by atoms with van der Waals surface area (Å²) >= 11 is 0. The molecule has 0 saturated carbocycles. The Morgan fingerprint density at radius 2 is 0.761 bits per heavy atom. The van der Waals surface area contributed by atoms with E-state index in [0.29, 0.717) is 0 Å². The van der Waals surface area contributed by atoms with Crippen molar-refractivity contribution < 1.29 is 4.42 Å². The molecule has 0 bridgehead atoms. The van der Waals surface area contributed by atoms with Gasteiger partial charge in [0.25, 0.3) is 0 Å². The first-order valence-electron chi connectivity index (χ1n) is 23.0. The van der Waals surface area contributed by atoms with Gasteiger partial charge in [0, 0.05) is 38.1 Å². The van der Waals surface area contributed by atoms with Crippen LogP contribution >= 0.6 is 0 Å². The summed E-state index contributed by atoms with van der Waals surface area (Å²) < 4.78 is 6.72. The van der Waals surface area contributed by atoms with E-state index in [9.17, 15) is 0 Å². The van der Waals surface area contributed by atoms with Crippen LogP contribution in [0.2, 0.25) is 0 Å². The molecule has 67 heavy (non-hydrogen) atoms. The fraction of sp³-hybridized carbons (Fsp3) is 0. The molecule has 0 radical (unpaired) electrons. The smallest absolute Gasteiger partial charge is 0.136 e. The van der Waals surface area contributed by atoms with Crippen LogP contribution in [0.3, 0.4) is 0 Å². The van der Waals surface area contributed by atoms with Gasteiger partial charge in [-0.3, -0.25) is 0 Å². The third kappa shape index (κ3) is 5.93. The van der Waals surface area contributed by atoms with Crippen molar-refractivity contribution in [2.75, 3.05) is 0 Å². The van der Waals surface area contributed by atoms with E-state index >= 15 is 0 Å². The molecule has 0 aliphatic rings. The van der Waals surface area contributed by atoms with Crippen molar-refractivity contribution in [3.63, 3.8) is 0 Å². The lowest BCUT2D eigenvalue weighted by atomic mass is 9.87. The maximum atomic E-state index is 6.72. The summed E-state index contributed by atoms with van der Waals surface area (Å²) in [6, 6.07) is 86.1. The van der Waals surface area contributed by atoms with E-state index in [1.807, 2.05) is 6.07 Å². The van der Waals surface area contributed by atoms with E-state index in [4.69, 9.17) is 9.40 Å². The van der Waals surface area contributed by atoms with Crippen molar-refractivity contribution in [3.05, 3.63) is 237 Å². The van der Waals surface area contributed by atoms with Crippen molar-refractivity contribution in [2.45, 2.75) is 0 Å². The van der Waals surface area contributed by atoms with Crippen molar-refractivity contribution >= 4 is 86.7 Å². The van der Waals surface area contributed by atoms with Crippen LogP contribution in [0.1, 0.15) is 0 Å².